The molecule has 0 N–H and O–H groups in total. The molecule has 33 heavy (non-hydrogen) atoms. The molecule has 1 aromatic carbocycles. The van der Waals surface area contributed by atoms with E-state index in [-0.39, 0.29) is 23.8 Å². The Morgan fingerprint density at radius 2 is 1.94 bits per heavy atom. The van der Waals surface area contributed by atoms with Crippen molar-refractivity contribution in [1.82, 2.24) is 24.6 Å². The Balaban J connectivity index is 1.61. The molecule has 1 saturated carbocycles. The first-order chi connectivity index (χ1) is 16.0. The Bertz CT molecular complexity index is 1250. The van der Waals surface area contributed by atoms with E-state index in [0.29, 0.717) is 12.1 Å². The van der Waals surface area contributed by atoms with Crippen molar-refractivity contribution < 1.29 is 9.18 Å². The normalized spacial score (nSPS) is 20.5. The fourth-order valence-corrected chi connectivity index (χ4v) is 5.29. The van der Waals surface area contributed by atoms with Gasteiger partial charge >= 0.3 is 0 Å². The number of carbonyl (C=O) groups excluding carboxylic acids is 1. The summed E-state index contributed by atoms with van der Waals surface area (Å²) in [5.74, 6) is 0.441. The molecule has 2 bridgehead atoms. The minimum atomic E-state index is -0.319. The number of amides is 1. The van der Waals surface area contributed by atoms with Gasteiger partial charge in [0.25, 0.3) is 5.91 Å². The minimum absolute atomic E-state index is 0.0401. The first-order valence-corrected chi connectivity index (χ1v) is 11.7. The Hall–Kier alpha value is -3.29. The number of halogens is 1. The van der Waals surface area contributed by atoms with Crippen molar-refractivity contribution in [3.63, 3.8) is 0 Å². The lowest BCUT2D eigenvalue weighted by molar-refractivity contribution is 0.0725. The Kier molecular flexibility index (Phi) is 4.71. The average molecular weight is 447 g/mol. The number of fused-ring (bicyclic) bond motifs is 8. The van der Waals surface area contributed by atoms with Gasteiger partial charge in [-0.25, -0.2) is 9.37 Å². The third-order valence-corrected chi connectivity index (χ3v) is 7.06. The molecule has 8 heteroatoms. The van der Waals surface area contributed by atoms with Gasteiger partial charge in [-0.2, -0.15) is 5.10 Å². The second-order valence-electron chi connectivity index (χ2n) is 9.43. The molecule has 0 unspecified atom stereocenters. The molecule has 170 valence electrons. The van der Waals surface area contributed by atoms with Gasteiger partial charge in [-0.1, -0.05) is 0 Å². The van der Waals surface area contributed by atoms with Gasteiger partial charge in [0.05, 0.1) is 35.9 Å². The Labute approximate surface area is 192 Å². The van der Waals surface area contributed by atoms with Crippen LogP contribution in [0.1, 0.15) is 65.5 Å². The van der Waals surface area contributed by atoms with Crippen molar-refractivity contribution in [2.45, 2.75) is 57.7 Å². The molecule has 1 saturated heterocycles. The second kappa shape index (κ2) is 7.64. The van der Waals surface area contributed by atoms with E-state index < -0.39 is 0 Å². The van der Waals surface area contributed by atoms with Crippen LogP contribution in [-0.4, -0.2) is 43.1 Å². The zero-order valence-electron chi connectivity index (χ0n) is 19.0. The number of aromatic nitrogens is 4. The molecule has 7 nitrogen and oxygen atoms in total. The minimum Gasteiger partial charge on any atom is -0.348 e. The lowest BCUT2D eigenvalue weighted by atomic mass is 9.90. The van der Waals surface area contributed by atoms with E-state index in [1.54, 1.807) is 23.0 Å². The van der Waals surface area contributed by atoms with E-state index in [9.17, 15) is 9.18 Å². The number of aryl methyl sites for hydroxylation is 2. The van der Waals surface area contributed by atoms with E-state index in [0.717, 1.165) is 72.7 Å². The molecule has 2 fully saturated rings. The van der Waals surface area contributed by atoms with E-state index in [4.69, 9.17) is 4.98 Å². The molecular formula is C25H27FN6O. The van der Waals surface area contributed by atoms with Crippen LogP contribution in [0.3, 0.4) is 0 Å². The van der Waals surface area contributed by atoms with Gasteiger partial charge in [0.2, 0.25) is 0 Å². The molecule has 1 amide bonds. The lowest BCUT2D eigenvalue weighted by Crippen LogP contribution is -2.38. The number of hydrogen-bond acceptors (Lipinski definition) is 5. The molecule has 1 atom stereocenters. The fraction of sp³-hybridized carbons (Fsp3) is 0.440. The number of rotatable bonds is 1. The molecule has 4 heterocycles. The number of piperidine rings is 1. The molecule has 3 aromatic rings. The Morgan fingerprint density at radius 1 is 1.09 bits per heavy atom. The molecule has 0 radical (unpaired) electrons. The van der Waals surface area contributed by atoms with Gasteiger partial charge in [0.15, 0.2) is 5.82 Å². The maximum absolute atomic E-state index is 14.5. The zero-order valence-corrected chi connectivity index (χ0v) is 19.0. The first-order valence-electron chi connectivity index (χ1n) is 11.7. The van der Waals surface area contributed by atoms with Crippen LogP contribution in [-0.2, 0) is 13.6 Å². The van der Waals surface area contributed by atoms with Crippen molar-refractivity contribution in [1.29, 1.82) is 0 Å². The lowest BCUT2D eigenvalue weighted by Gasteiger charge is -2.39. The molecule has 3 aliphatic rings. The third kappa shape index (κ3) is 3.48. The van der Waals surface area contributed by atoms with Crippen LogP contribution in [0.2, 0.25) is 0 Å². The summed E-state index contributed by atoms with van der Waals surface area (Å²) in [5, 5.41) is 4.68. The third-order valence-electron chi connectivity index (χ3n) is 7.06. The molecule has 6 rings (SSSR count). The van der Waals surface area contributed by atoms with Crippen molar-refractivity contribution in [2.75, 3.05) is 11.4 Å². The number of benzene rings is 1. The van der Waals surface area contributed by atoms with Gasteiger partial charge in [0, 0.05) is 37.0 Å². The van der Waals surface area contributed by atoms with E-state index in [1.165, 1.54) is 6.07 Å². The van der Waals surface area contributed by atoms with Crippen molar-refractivity contribution in [3.8, 4) is 11.3 Å². The summed E-state index contributed by atoms with van der Waals surface area (Å²) in [6.45, 7) is 3.15. The van der Waals surface area contributed by atoms with Crippen molar-refractivity contribution in [2.24, 2.45) is 7.05 Å². The molecule has 1 aliphatic carbocycles. The van der Waals surface area contributed by atoms with Crippen LogP contribution in [0, 0.1) is 12.7 Å². The van der Waals surface area contributed by atoms with Gasteiger partial charge in [-0.05, 0) is 62.8 Å². The van der Waals surface area contributed by atoms with E-state index in [2.05, 4.69) is 15.0 Å². The zero-order chi connectivity index (χ0) is 22.7. The number of nitrogens with zero attached hydrogens (tertiary/aromatic N) is 6. The fourth-order valence-electron chi connectivity index (χ4n) is 5.29. The SMILES string of the molecule is Cc1ncc2nc1N1CCCC[C@@H]1c1cc(F)ccc1C(=O)N(C1CC1)Cc1nn(C)cc1-2. The summed E-state index contributed by atoms with van der Waals surface area (Å²) in [7, 11) is 1.88. The van der Waals surface area contributed by atoms with Crippen LogP contribution in [0.25, 0.3) is 11.3 Å². The molecule has 2 aromatic heterocycles. The van der Waals surface area contributed by atoms with Crippen LogP contribution in [0.15, 0.2) is 30.6 Å². The maximum Gasteiger partial charge on any atom is 0.254 e. The summed E-state index contributed by atoms with van der Waals surface area (Å²) < 4.78 is 16.3. The highest BCUT2D eigenvalue weighted by Crippen LogP contribution is 2.40. The Morgan fingerprint density at radius 3 is 2.76 bits per heavy atom. The summed E-state index contributed by atoms with van der Waals surface area (Å²) in [5.41, 5.74) is 4.63. The highest BCUT2D eigenvalue weighted by Gasteiger charge is 2.38. The topological polar surface area (TPSA) is 67.2 Å². The van der Waals surface area contributed by atoms with E-state index in [1.807, 2.05) is 25.1 Å². The van der Waals surface area contributed by atoms with Crippen molar-refractivity contribution in [3.05, 3.63) is 58.9 Å². The molecule has 0 spiro atoms. The predicted molar refractivity (Wildman–Crippen MR) is 122 cm³/mol. The standard InChI is InChI=1S/C25H27FN6O/c1-15-24-28-21(12-27-15)20-13-30(2)29-22(20)14-32(17-7-8-17)25(33)18-9-6-16(26)11-19(18)23-5-3-4-10-31(23)24/h6,9,11-13,17,23H,3-5,7-8,10,14H2,1-2H3/t23-/m1/s1. The van der Waals surface area contributed by atoms with Gasteiger partial charge in [-0.15, -0.1) is 0 Å². The summed E-state index contributed by atoms with van der Waals surface area (Å²) in [6, 6.07) is 4.68. The molecular weight excluding hydrogens is 419 g/mol. The summed E-state index contributed by atoms with van der Waals surface area (Å²) in [4.78, 5) is 27.8. The average Bonchev–Trinajstić information content (AvgIpc) is 3.59. The first kappa shape index (κ1) is 20.3. The smallest absolute Gasteiger partial charge is 0.254 e. The van der Waals surface area contributed by atoms with Gasteiger partial charge in [-0.3, -0.25) is 14.5 Å². The van der Waals surface area contributed by atoms with Crippen LogP contribution >= 0.6 is 0 Å². The highest BCUT2D eigenvalue weighted by atomic mass is 19.1. The maximum atomic E-state index is 14.5. The second-order valence-corrected chi connectivity index (χ2v) is 9.43. The van der Waals surface area contributed by atoms with Crippen LogP contribution in [0.5, 0.6) is 0 Å². The van der Waals surface area contributed by atoms with Crippen LogP contribution < -0.4 is 4.90 Å². The number of hydrogen-bond donors (Lipinski definition) is 0. The number of carbonyl (C=O) groups is 1. The quantitative estimate of drug-likeness (QED) is 0.561. The van der Waals surface area contributed by atoms with Crippen LogP contribution in [0.4, 0.5) is 10.2 Å². The predicted octanol–water partition coefficient (Wildman–Crippen LogP) is 4.17. The monoisotopic (exact) mass is 446 g/mol. The van der Waals surface area contributed by atoms with Crippen molar-refractivity contribution >= 4 is 11.7 Å². The van der Waals surface area contributed by atoms with E-state index >= 15 is 0 Å². The molecule has 2 aliphatic heterocycles. The largest absolute Gasteiger partial charge is 0.348 e. The van der Waals surface area contributed by atoms with Gasteiger partial charge in [0.1, 0.15) is 5.82 Å². The highest BCUT2D eigenvalue weighted by molar-refractivity contribution is 5.96. The summed E-state index contributed by atoms with van der Waals surface area (Å²) >= 11 is 0. The van der Waals surface area contributed by atoms with Gasteiger partial charge < -0.3 is 9.80 Å². The summed E-state index contributed by atoms with van der Waals surface area (Å²) in [6.07, 6.45) is 8.60. The number of anilines is 1.